The molecule has 1 rings (SSSR count). The fourth-order valence-corrected chi connectivity index (χ4v) is 2.10. The number of benzene rings is 1. The molecule has 0 aliphatic rings. The molecule has 4 heteroatoms. The van der Waals surface area contributed by atoms with Gasteiger partial charge in [-0.2, -0.15) is 0 Å². The summed E-state index contributed by atoms with van der Waals surface area (Å²) >= 11 is 0. The second-order valence-corrected chi connectivity index (χ2v) is 6.49. The lowest BCUT2D eigenvalue weighted by Gasteiger charge is -2.25. The molecule has 0 unspecified atom stereocenters. The molecule has 2 atom stereocenters. The standard InChI is InChI=1S/C17H28N2O2/c1-13(18)15(19-16(20)21-17(2,3)4)12-8-11-14-9-6-5-7-10-14/h5-7,9-10,13,15H,8,11-12,18H2,1-4H3,(H,19,20)/t13-,15+/m1/s1. The van der Waals surface area contributed by atoms with Crippen molar-refractivity contribution in [1.82, 2.24) is 5.32 Å². The number of hydrogen-bond acceptors (Lipinski definition) is 3. The molecule has 21 heavy (non-hydrogen) atoms. The molecular weight excluding hydrogens is 264 g/mol. The molecule has 0 saturated heterocycles. The molecule has 0 aromatic heterocycles. The number of aryl methyl sites for hydroxylation is 1. The van der Waals surface area contributed by atoms with Crippen LogP contribution in [0.15, 0.2) is 30.3 Å². The number of carbonyl (C=O) groups excluding carboxylic acids is 1. The van der Waals surface area contributed by atoms with Gasteiger partial charge in [0.15, 0.2) is 0 Å². The van der Waals surface area contributed by atoms with Crippen molar-refractivity contribution in [2.75, 3.05) is 0 Å². The van der Waals surface area contributed by atoms with E-state index < -0.39 is 11.7 Å². The third-order valence-corrected chi connectivity index (χ3v) is 3.16. The zero-order valence-corrected chi connectivity index (χ0v) is 13.6. The Morgan fingerprint density at radius 3 is 2.43 bits per heavy atom. The van der Waals surface area contributed by atoms with E-state index in [2.05, 4.69) is 17.4 Å². The first kappa shape index (κ1) is 17.5. The lowest BCUT2D eigenvalue weighted by atomic mass is 10.0. The van der Waals surface area contributed by atoms with Gasteiger partial charge in [0.2, 0.25) is 0 Å². The van der Waals surface area contributed by atoms with Gasteiger partial charge in [-0.3, -0.25) is 0 Å². The molecule has 0 spiro atoms. The molecule has 1 aromatic carbocycles. The predicted molar refractivity (Wildman–Crippen MR) is 86.2 cm³/mol. The monoisotopic (exact) mass is 292 g/mol. The molecule has 0 aliphatic heterocycles. The first-order valence-electron chi connectivity index (χ1n) is 7.57. The summed E-state index contributed by atoms with van der Waals surface area (Å²) in [6.45, 7) is 7.46. The van der Waals surface area contributed by atoms with E-state index in [1.165, 1.54) is 5.56 Å². The lowest BCUT2D eigenvalue weighted by Crippen LogP contribution is -2.47. The van der Waals surface area contributed by atoms with E-state index in [9.17, 15) is 4.79 Å². The second-order valence-electron chi connectivity index (χ2n) is 6.49. The molecule has 0 bridgehead atoms. The van der Waals surface area contributed by atoms with E-state index in [1.54, 1.807) is 0 Å². The van der Waals surface area contributed by atoms with Crippen LogP contribution in [0.5, 0.6) is 0 Å². The van der Waals surface area contributed by atoms with Crippen LogP contribution in [0, 0.1) is 0 Å². The Hall–Kier alpha value is -1.55. The fourth-order valence-electron chi connectivity index (χ4n) is 2.10. The summed E-state index contributed by atoms with van der Waals surface area (Å²) in [5, 5.41) is 2.87. The summed E-state index contributed by atoms with van der Waals surface area (Å²) in [6.07, 6.45) is 2.40. The van der Waals surface area contributed by atoms with Crippen LogP contribution in [0.1, 0.15) is 46.1 Å². The van der Waals surface area contributed by atoms with Crippen LogP contribution in [-0.4, -0.2) is 23.8 Å². The normalized spacial score (nSPS) is 14.3. The van der Waals surface area contributed by atoms with E-state index >= 15 is 0 Å². The van der Waals surface area contributed by atoms with Gasteiger partial charge in [-0.05, 0) is 52.5 Å². The van der Waals surface area contributed by atoms with E-state index in [-0.39, 0.29) is 12.1 Å². The van der Waals surface area contributed by atoms with Crippen molar-refractivity contribution >= 4 is 6.09 Å². The number of rotatable bonds is 6. The lowest BCUT2D eigenvalue weighted by molar-refractivity contribution is 0.0494. The summed E-state index contributed by atoms with van der Waals surface area (Å²) in [5.74, 6) is 0. The number of carbonyl (C=O) groups is 1. The van der Waals surface area contributed by atoms with Crippen LogP contribution in [0.3, 0.4) is 0 Å². The highest BCUT2D eigenvalue weighted by molar-refractivity contribution is 5.68. The third-order valence-electron chi connectivity index (χ3n) is 3.16. The minimum atomic E-state index is -0.490. The van der Waals surface area contributed by atoms with Gasteiger partial charge in [-0.15, -0.1) is 0 Å². The summed E-state index contributed by atoms with van der Waals surface area (Å²) < 4.78 is 5.28. The summed E-state index contributed by atoms with van der Waals surface area (Å²) in [7, 11) is 0. The Labute approximate surface area is 128 Å². The first-order chi connectivity index (χ1) is 9.78. The molecule has 0 aliphatic carbocycles. The maximum absolute atomic E-state index is 11.8. The number of amides is 1. The Balaban J connectivity index is 2.41. The smallest absolute Gasteiger partial charge is 0.407 e. The molecule has 0 saturated carbocycles. The van der Waals surface area contributed by atoms with E-state index in [4.69, 9.17) is 10.5 Å². The Bertz CT molecular complexity index is 424. The van der Waals surface area contributed by atoms with Gasteiger partial charge in [0.1, 0.15) is 5.60 Å². The number of nitrogens with one attached hydrogen (secondary N) is 1. The molecule has 1 amide bonds. The Morgan fingerprint density at radius 2 is 1.90 bits per heavy atom. The van der Waals surface area contributed by atoms with Gasteiger partial charge in [0.05, 0.1) is 0 Å². The number of hydrogen-bond donors (Lipinski definition) is 2. The van der Waals surface area contributed by atoms with Crippen LogP contribution < -0.4 is 11.1 Å². The highest BCUT2D eigenvalue weighted by Gasteiger charge is 2.21. The molecule has 4 nitrogen and oxygen atoms in total. The van der Waals surface area contributed by atoms with Crippen molar-refractivity contribution in [1.29, 1.82) is 0 Å². The van der Waals surface area contributed by atoms with E-state index in [0.717, 1.165) is 19.3 Å². The van der Waals surface area contributed by atoms with Gasteiger partial charge in [0.25, 0.3) is 0 Å². The van der Waals surface area contributed by atoms with Gasteiger partial charge in [0, 0.05) is 12.1 Å². The van der Waals surface area contributed by atoms with Gasteiger partial charge < -0.3 is 15.8 Å². The predicted octanol–water partition coefficient (Wildman–Crippen LogP) is 3.25. The molecule has 0 heterocycles. The average Bonchev–Trinajstić information content (AvgIpc) is 2.36. The SMILES string of the molecule is C[C@@H](N)[C@H](CCCc1ccccc1)NC(=O)OC(C)(C)C. The molecule has 3 N–H and O–H groups in total. The first-order valence-corrected chi connectivity index (χ1v) is 7.57. The zero-order valence-electron chi connectivity index (χ0n) is 13.6. The molecule has 118 valence electrons. The zero-order chi connectivity index (χ0) is 15.9. The summed E-state index contributed by atoms with van der Waals surface area (Å²) in [6, 6.07) is 10.1. The van der Waals surface area contributed by atoms with E-state index in [0.29, 0.717) is 0 Å². The highest BCUT2D eigenvalue weighted by Crippen LogP contribution is 2.10. The van der Waals surface area contributed by atoms with Gasteiger partial charge >= 0.3 is 6.09 Å². The maximum atomic E-state index is 11.8. The Morgan fingerprint density at radius 1 is 1.29 bits per heavy atom. The summed E-state index contributed by atoms with van der Waals surface area (Å²) in [5.41, 5.74) is 6.77. The van der Waals surface area contributed by atoms with Crippen LogP contribution in [0.25, 0.3) is 0 Å². The molecular formula is C17H28N2O2. The number of ether oxygens (including phenoxy) is 1. The van der Waals surface area contributed by atoms with E-state index in [1.807, 2.05) is 45.9 Å². The summed E-state index contributed by atoms with van der Waals surface area (Å²) in [4.78, 5) is 11.8. The molecule has 0 radical (unpaired) electrons. The highest BCUT2D eigenvalue weighted by atomic mass is 16.6. The maximum Gasteiger partial charge on any atom is 0.407 e. The van der Waals surface area contributed by atoms with Crippen LogP contribution in [0.2, 0.25) is 0 Å². The minimum Gasteiger partial charge on any atom is -0.444 e. The molecule has 1 aromatic rings. The van der Waals surface area contributed by atoms with Crippen molar-refractivity contribution in [3.05, 3.63) is 35.9 Å². The van der Waals surface area contributed by atoms with Crippen molar-refractivity contribution in [2.45, 2.75) is 64.6 Å². The van der Waals surface area contributed by atoms with Crippen LogP contribution in [-0.2, 0) is 11.2 Å². The van der Waals surface area contributed by atoms with Crippen molar-refractivity contribution < 1.29 is 9.53 Å². The minimum absolute atomic E-state index is 0.0661. The van der Waals surface area contributed by atoms with Crippen molar-refractivity contribution in [2.24, 2.45) is 5.73 Å². The molecule has 0 fully saturated rings. The topological polar surface area (TPSA) is 64.3 Å². The number of nitrogens with two attached hydrogens (primary N) is 1. The van der Waals surface area contributed by atoms with Crippen LogP contribution >= 0.6 is 0 Å². The van der Waals surface area contributed by atoms with Crippen molar-refractivity contribution in [3.8, 4) is 0 Å². The Kier molecular flexibility index (Phi) is 6.69. The number of alkyl carbamates (subject to hydrolysis) is 1. The van der Waals surface area contributed by atoms with Crippen LogP contribution in [0.4, 0.5) is 4.79 Å². The third kappa shape index (κ3) is 7.71. The van der Waals surface area contributed by atoms with Gasteiger partial charge in [-0.25, -0.2) is 4.79 Å². The quantitative estimate of drug-likeness (QED) is 0.846. The fraction of sp³-hybridized carbons (Fsp3) is 0.588. The largest absolute Gasteiger partial charge is 0.444 e. The average molecular weight is 292 g/mol. The van der Waals surface area contributed by atoms with Gasteiger partial charge in [-0.1, -0.05) is 30.3 Å². The second kappa shape index (κ2) is 8.03. The van der Waals surface area contributed by atoms with Crippen molar-refractivity contribution in [3.63, 3.8) is 0 Å².